The molecule has 0 unspecified atom stereocenters. The molecule has 1 saturated heterocycles. The summed E-state index contributed by atoms with van der Waals surface area (Å²) in [5, 5.41) is 3.66. The van der Waals surface area contributed by atoms with Crippen LogP contribution in [0.15, 0.2) is 24.5 Å². The zero-order valence-electron chi connectivity index (χ0n) is 16.3. The second-order valence-electron chi connectivity index (χ2n) is 7.72. The van der Waals surface area contributed by atoms with E-state index in [2.05, 4.69) is 20.0 Å². The van der Waals surface area contributed by atoms with Crippen molar-refractivity contribution in [3.8, 4) is 11.5 Å². The molecule has 4 heterocycles. The van der Waals surface area contributed by atoms with Gasteiger partial charge in [-0.2, -0.15) is 27.8 Å². The lowest BCUT2D eigenvalue weighted by Gasteiger charge is -2.32. The van der Waals surface area contributed by atoms with Gasteiger partial charge in [0.15, 0.2) is 17.2 Å². The molecule has 0 saturated carbocycles. The molecule has 1 fully saturated rings. The predicted molar refractivity (Wildman–Crippen MR) is 100 cm³/mol. The van der Waals surface area contributed by atoms with Gasteiger partial charge in [-0.3, -0.25) is 4.90 Å². The lowest BCUT2D eigenvalue weighted by molar-refractivity contribution is -0.142. The van der Waals surface area contributed by atoms with Crippen LogP contribution in [0.1, 0.15) is 41.3 Å². The standard InChI is InChI=1S/C20H20F3N5O2/c1-12-6-16-17(30-11-29-16)7-14(12)9-27-4-2-13(3-5-27)15-8-18(20(21,22)23)28-19(26-15)24-10-25-28/h6-8,10,13H,2-5,9,11H2,1H3. The molecular weight excluding hydrogens is 399 g/mol. The number of piperidine rings is 1. The van der Waals surface area contributed by atoms with Crippen LogP contribution in [0.25, 0.3) is 5.78 Å². The van der Waals surface area contributed by atoms with E-state index < -0.39 is 11.9 Å². The fourth-order valence-electron chi connectivity index (χ4n) is 4.13. The number of ether oxygens (including phenoxy) is 2. The Bertz CT molecular complexity index is 1090. The summed E-state index contributed by atoms with van der Waals surface area (Å²) in [6.45, 7) is 4.60. The summed E-state index contributed by atoms with van der Waals surface area (Å²) in [6.07, 6.45) is -1.95. The maximum atomic E-state index is 13.4. The molecule has 2 aliphatic rings. The molecule has 0 radical (unpaired) electrons. The van der Waals surface area contributed by atoms with E-state index in [1.807, 2.05) is 19.1 Å². The third-order valence-corrected chi connectivity index (χ3v) is 5.79. The Morgan fingerprint density at radius 1 is 1.10 bits per heavy atom. The normalized spacial score (nSPS) is 17.7. The van der Waals surface area contributed by atoms with Gasteiger partial charge in [0.25, 0.3) is 5.78 Å². The second kappa shape index (κ2) is 7.12. The van der Waals surface area contributed by atoms with Crippen LogP contribution < -0.4 is 9.47 Å². The largest absolute Gasteiger partial charge is 0.454 e. The van der Waals surface area contributed by atoms with E-state index in [0.29, 0.717) is 5.69 Å². The molecule has 2 aromatic heterocycles. The van der Waals surface area contributed by atoms with Gasteiger partial charge in [0.2, 0.25) is 6.79 Å². The third kappa shape index (κ3) is 3.45. The minimum absolute atomic E-state index is 0.0155. The van der Waals surface area contributed by atoms with Crippen LogP contribution in [0.2, 0.25) is 0 Å². The molecule has 158 valence electrons. The van der Waals surface area contributed by atoms with E-state index in [9.17, 15) is 13.2 Å². The highest BCUT2D eigenvalue weighted by Gasteiger charge is 2.36. The third-order valence-electron chi connectivity index (χ3n) is 5.79. The van der Waals surface area contributed by atoms with Crippen molar-refractivity contribution in [2.45, 2.75) is 38.4 Å². The van der Waals surface area contributed by atoms with Gasteiger partial charge in [-0.15, -0.1) is 0 Å². The maximum Gasteiger partial charge on any atom is 0.433 e. The molecule has 0 N–H and O–H groups in total. The van der Waals surface area contributed by atoms with Crippen molar-refractivity contribution < 1.29 is 22.6 Å². The summed E-state index contributed by atoms with van der Waals surface area (Å²) in [7, 11) is 0. The Morgan fingerprint density at radius 3 is 2.57 bits per heavy atom. The number of nitrogens with zero attached hydrogens (tertiary/aromatic N) is 5. The SMILES string of the molecule is Cc1cc2c(cc1CN1CCC(c3cc(C(F)(F)F)n4ncnc4n3)CC1)OCO2. The first kappa shape index (κ1) is 19.1. The molecule has 7 nitrogen and oxygen atoms in total. The van der Waals surface area contributed by atoms with Crippen molar-refractivity contribution in [2.75, 3.05) is 19.9 Å². The zero-order valence-corrected chi connectivity index (χ0v) is 16.3. The summed E-state index contributed by atoms with van der Waals surface area (Å²) >= 11 is 0. The summed E-state index contributed by atoms with van der Waals surface area (Å²) in [6, 6.07) is 5.12. The van der Waals surface area contributed by atoms with Gasteiger partial charge in [-0.25, -0.2) is 4.98 Å². The van der Waals surface area contributed by atoms with E-state index in [-0.39, 0.29) is 18.5 Å². The molecule has 0 aliphatic carbocycles. The molecule has 0 spiro atoms. The fourth-order valence-corrected chi connectivity index (χ4v) is 4.13. The highest BCUT2D eigenvalue weighted by Crippen LogP contribution is 2.36. The van der Waals surface area contributed by atoms with E-state index in [1.165, 1.54) is 5.56 Å². The van der Waals surface area contributed by atoms with E-state index in [1.54, 1.807) is 0 Å². The van der Waals surface area contributed by atoms with Gasteiger partial charge in [-0.1, -0.05) is 0 Å². The number of likely N-dealkylation sites (tertiary alicyclic amines) is 1. The smallest absolute Gasteiger partial charge is 0.433 e. The molecule has 5 rings (SSSR count). The number of fused-ring (bicyclic) bond motifs is 2. The average molecular weight is 419 g/mol. The quantitative estimate of drug-likeness (QED) is 0.647. The number of rotatable bonds is 3. The Balaban J connectivity index is 1.31. The Hall–Kier alpha value is -2.88. The minimum Gasteiger partial charge on any atom is -0.454 e. The zero-order chi connectivity index (χ0) is 20.9. The summed E-state index contributed by atoms with van der Waals surface area (Å²) in [5.41, 5.74) is 1.90. The molecule has 2 aliphatic heterocycles. The van der Waals surface area contributed by atoms with E-state index in [0.717, 1.165) is 66.4 Å². The Labute approximate surface area is 170 Å². The van der Waals surface area contributed by atoms with Crippen LogP contribution in [-0.4, -0.2) is 44.4 Å². The van der Waals surface area contributed by atoms with E-state index >= 15 is 0 Å². The number of hydrogen-bond donors (Lipinski definition) is 0. The van der Waals surface area contributed by atoms with Crippen LogP contribution in [0, 0.1) is 6.92 Å². The van der Waals surface area contributed by atoms with Crippen molar-refractivity contribution in [3.05, 3.63) is 47.0 Å². The molecule has 1 aromatic carbocycles. The van der Waals surface area contributed by atoms with Crippen molar-refractivity contribution in [3.63, 3.8) is 0 Å². The lowest BCUT2D eigenvalue weighted by Crippen LogP contribution is -2.33. The minimum atomic E-state index is -4.51. The predicted octanol–water partition coefficient (Wildman–Crippen LogP) is 3.56. The Morgan fingerprint density at radius 2 is 1.83 bits per heavy atom. The molecular formula is C20H20F3N5O2. The van der Waals surface area contributed by atoms with Crippen molar-refractivity contribution in [1.82, 2.24) is 24.5 Å². The topological polar surface area (TPSA) is 64.8 Å². The van der Waals surface area contributed by atoms with Crippen LogP contribution in [0.3, 0.4) is 0 Å². The van der Waals surface area contributed by atoms with Gasteiger partial charge in [0.1, 0.15) is 6.33 Å². The molecule has 30 heavy (non-hydrogen) atoms. The van der Waals surface area contributed by atoms with Crippen LogP contribution in [0.4, 0.5) is 13.2 Å². The number of aromatic nitrogens is 4. The first-order chi connectivity index (χ1) is 14.4. The molecule has 10 heteroatoms. The van der Waals surface area contributed by atoms with Crippen molar-refractivity contribution >= 4 is 5.78 Å². The number of alkyl halides is 3. The first-order valence-electron chi connectivity index (χ1n) is 9.78. The van der Waals surface area contributed by atoms with Crippen LogP contribution in [0.5, 0.6) is 11.5 Å². The van der Waals surface area contributed by atoms with Crippen molar-refractivity contribution in [2.24, 2.45) is 0 Å². The summed E-state index contributed by atoms with van der Waals surface area (Å²) in [4.78, 5) is 10.5. The number of hydrogen-bond acceptors (Lipinski definition) is 6. The molecule has 0 amide bonds. The lowest BCUT2D eigenvalue weighted by atomic mass is 9.92. The van der Waals surface area contributed by atoms with Crippen molar-refractivity contribution in [1.29, 1.82) is 0 Å². The van der Waals surface area contributed by atoms with Crippen LogP contribution in [-0.2, 0) is 12.7 Å². The van der Waals surface area contributed by atoms with Crippen LogP contribution >= 0.6 is 0 Å². The number of halogens is 3. The molecule has 0 atom stereocenters. The highest BCUT2D eigenvalue weighted by molar-refractivity contribution is 5.48. The van der Waals surface area contributed by atoms with Gasteiger partial charge >= 0.3 is 6.18 Å². The Kier molecular flexibility index (Phi) is 4.53. The first-order valence-corrected chi connectivity index (χ1v) is 9.78. The monoisotopic (exact) mass is 419 g/mol. The summed E-state index contributed by atoms with van der Waals surface area (Å²) in [5.74, 6) is 1.47. The van der Waals surface area contributed by atoms with Gasteiger partial charge < -0.3 is 9.47 Å². The van der Waals surface area contributed by atoms with Gasteiger partial charge in [0.05, 0.1) is 0 Å². The van der Waals surface area contributed by atoms with E-state index in [4.69, 9.17) is 9.47 Å². The van der Waals surface area contributed by atoms with Gasteiger partial charge in [-0.05, 0) is 62.2 Å². The van der Waals surface area contributed by atoms with Gasteiger partial charge in [0, 0.05) is 18.2 Å². The molecule has 3 aromatic rings. The number of aryl methyl sites for hydroxylation is 1. The summed E-state index contributed by atoms with van der Waals surface area (Å²) < 4.78 is 51.9. The average Bonchev–Trinajstić information content (AvgIpc) is 3.36. The highest BCUT2D eigenvalue weighted by atomic mass is 19.4. The molecule has 0 bridgehead atoms. The maximum absolute atomic E-state index is 13.4. The fraction of sp³-hybridized carbons (Fsp3) is 0.450. The second-order valence-corrected chi connectivity index (χ2v) is 7.72. The number of benzene rings is 1.